The number of nitrogens with one attached hydrogen (secondary N) is 1. The molecule has 0 heterocycles. The Hall–Kier alpha value is -2.13. The Morgan fingerprint density at radius 3 is 2.43 bits per heavy atom. The van der Waals surface area contributed by atoms with Gasteiger partial charge in [0.05, 0.1) is 0 Å². The summed E-state index contributed by atoms with van der Waals surface area (Å²) in [5.74, 6) is 0.559. The van der Waals surface area contributed by atoms with Crippen molar-refractivity contribution in [3.63, 3.8) is 0 Å². The van der Waals surface area contributed by atoms with E-state index in [0.29, 0.717) is 18.0 Å². The highest BCUT2D eigenvalue weighted by Crippen LogP contribution is 2.29. The van der Waals surface area contributed by atoms with Crippen LogP contribution in [0.1, 0.15) is 40.7 Å². The van der Waals surface area contributed by atoms with Crippen LogP contribution in [-0.4, -0.2) is 11.9 Å². The molecular formula is C20H24N2O. The van der Waals surface area contributed by atoms with Crippen LogP contribution in [0.4, 0.5) is 0 Å². The average Bonchev–Trinajstić information content (AvgIpc) is 3.02. The monoisotopic (exact) mass is 308 g/mol. The highest BCUT2D eigenvalue weighted by atomic mass is 16.1. The van der Waals surface area contributed by atoms with Gasteiger partial charge in [-0.2, -0.15) is 0 Å². The average molecular weight is 308 g/mol. The zero-order chi connectivity index (χ0) is 16.1. The van der Waals surface area contributed by atoms with Crippen LogP contribution in [0.15, 0.2) is 54.6 Å². The fourth-order valence-electron chi connectivity index (χ4n) is 3.43. The standard InChI is InChI=1S/C20H24N2O/c21-14-16-9-11-17(12-10-16)20(23)22-19-8-4-7-18(19)13-15-5-2-1-3-6-15/h1-3,5-6,9-12,18-19H,4,7-8,13-14,21H2,(H,22,23). The molecule has 1 amide bonds. The number of benzene rings is 2. The van der Waals surface area contributed by atoms with Gasteiger partial charge in [0.2, 0.25) is 0 Å². The molecule has 2 unspecified atom stereocenters. The van der Waals surface area contributed by atoms with Crippen molar-refractivity contribution in [1.29, 1.82) is 0 Å². The van der Waals surface area contributed by atoms with Gasteiger partial charge in [-0.15, -0.1) is 0 Å². The quantitative estimate of drug-likeness (QED) is 0.890. The van der Waals surface area contributed by atoms with E-state index in [1.807, 2.05) is 30.3 Å². The van der Waals surface area contributed by atoms with Gasteiger partial charge in [0.15, 0.2) is 0 Å². The van der Waals surface area contributed by atoms with E-state index < -0.39 is 0 Å². The highest BCUT2D eigenvalue weighted by molar-refractivity contribution is 5.94. The molecule has 1 fully saturated rings. The van der Waals surface area contributed by atoms with Gasteiger partial charge in [0.1, 0.15) is 0 Å². The summed E-state index contributed by atoms with van der Waals surface area (Å²) < 4.78 is 0. The van der Waals surface area contributed by atoms with Crippen LogP contribution in [0, 0.1) is 5.92 Å². The number of hydrogen-bond acceptors (Lipinski definition) is 2. The topological polar surface area (TPSA) is 55.1 Å². The minimum atomic E-state index is 0.0264. The summed E-state index contributed by atoms with van der Waals surface area (Å²) in [7, 11) is 0. The van der Waals surface area contributed by atoms with Crippen LogP contribution in [0.5, 0.6) is 0 Å². The van der Waals surface area contributed by atoms with Crippen molar-refractivity contribution in [2.24, 2.45) is 11.7 Å². The first-order valence-electron chi connectivity index (χ1n) is 8.40. The first-order valence-corrected chi connectivity index (χ1v) is 8.40. The Morgan fingerprint density at radius 1 is 1.00 bits per heavy atom. The van der Waals surface area contributed by atoms with E-state index in [1.165, 1.54) is 18.4 Å². The number of carbonyl (C=O) groups is 1. The summed E-state index contributed by atoms with van der Waals surface area (Å²) in [6.07, 6.45) is 4.49. The van der Waals surface area contributed by atoms with Crippen LogP contribution >= 0.6 is 0 Å². The van der Waals surface area contributed by atoms with Gasteiger partial charge in [-0.05, 0) is 48.4 Å². The van der Waals surface area contributed by atoms with Crippen LogP contribution in [0.25, 0.3) is 0 Å². The van der Waals surface area contributed by atoms with E-state index in [4.69, 9.17) is 5.73 Å². The van der Waals surface area contributed by atoms with Gasteiger partial charge in [-0.3, -0.25) is 4.79 Å². The molecule has 120 valence electrons. The Balaban J connectivity index is 1.62. The van der Waals surface area contributed by atoms with E-state index in [0.717, 1.165) is 18.4 Å². The van der Waals surface area contributed by atoms with E-state index in [2.05, 4.69) is 29.6 Å². The van der Waals surface area contributed by atoms with Crippen molar-refractivity contribution in [2.75, 3.05) is 0 Å². The summed E-state index contributed by atoms with van der Waals surface area (Å²) in [5, 5.41) is 3.23. The summed E-state index contributed by atoms with van der Waals surface area (Å²) in [4.78, 5) is 12.5. The molecule has 1 saturated carbocycles. The molecule has 0 saturated heterocycles. The second-order valence-electron chi connectivity index (χ2n) is 6.36. The summed E-state index contributed by atoms with van der Waals surface area (Å²) in [6.45, 7) is 0.504. The lowest BCUT2D eigenvalue weighted by Gasteiger charge is -2.21. The fraction of sp³-hybridized carbons (Fsp3) is 0.350. The van der Waals surface area contributed by atoms with E-state index in [1.54, 1.807) is 0 Å². The van der Waals surface area contributed by atoms with Crippen LogP contribution in [0.3, 0.4) is 0 Å². The Kier molecular flexibility index (Phi) is 5.09. The Morgan fingerprint density at radius 2 is 1.74 bits per heavy atom. The third-order valence-corrected chi connectivity index (χ3v) is 4.77. The molecule has 2 aromatic carbocycles. The molecule has 0 spiro atoms. The van der Waals surface area contributed by atoms with E-state index in [9.17, 15) is 4.79 Å². The molecule has 2 atom stereocenters. The highest BCUT2D eigenvalue weighted by Gasteiger charge is 2.28. The van der Waals surface area contributed by atoms with Crippen LogP contribution < -0.4 is 11.1 Å². The number of hydrogen-bond donors (Lipinski definition) is 2. The first-order chi connectivity index (χ1) is 11.3. The molecule has 3 nitrogen and oxygen atoms in total. The molecule has 0 aromatic heterocycles. The second kappa shape index (κ2) is 7.42. The van der Waals surface area contributed by atoms with Crippen molar-refractivity contribution in [1.82, 2.24) is 5.32 Å². The largest absolute Gasteiger partial charge is 0.349 e. The third kappa shape index (κ3) is 3.99. The maximum atomic E-state index is 12.5. The molecule has 0 radical (unpaired) electrons. The number of carbonyl (C=O) groups excluding carboxylic acids is 1. The zero-order valence-corrected chi connectivity index (χ0v) is 13.4. The molecular weight excluding hydrogens is 284 g/mol. The molecule has 3 N–H and O–H groups in total. The Labute approximate surface area is 137 Å². The van der Waals surface area contributed by atoms with Gasteiger partial charge in [0.25, 0.3) is 5.91 Å². The number of rotatable bonds is 5. The van der Waals surface area contributed by atoms with E-state index in [-0.39, 0.29) is 11.9 Å². The maximum absolute atomic E-state index is 12.5. The smallest absolute Gasteiger partial charge is 0.251 e. The molecule has 0 bridgehead atoms. The first kappa shape index (κ1) is 15.8. The van der Waals surface area contributed by atoms with Crippen molar-refractivity contribution in [2.45, 2.75) is 38.3 Å². The number of nitrogens with two attached hydrogens (primary N) is 1. The molecule has 1 aliphatic carbocycles. The van der Waals surface area contributed by atoms with E-state index >= 15 is 0 Å². The second-order valence-corrected chi connectivity index (χ2v) is 6.36. The third-order valence-electron chi connectivity index (χ3n) is 4.77. The minimum Gasteiger partial charge on any atom is -0.349 e. The van der Waals surface area contributed by atoms with Crippen molar-refractivity contribution in [3.8, 4) is 0 Å². The van der Waals surface area contributed by atoms with Crippen LogP contribution in [-0.2, 0) is 13.0 Å². The summed E-state index contributed by atoms with van der Waals surface area (Å²) in [6, 6.07) is 18.4. The lowest BCUT2D eigenvalue weighted by molar-refractivity contribution is 0.0928. The molecule has 1 aliphatic rings. The zero-order valence-electron chi connectivity index (χ0n) is 13.4. The summed E-state index contributed by atoms with van der Waals surface area (Å²) >= 11 is 0. The van der Waals surface area contributed by atoms with Crippen molar-refractivity contribution in [3.05, 3.63) is 71.3 Å². The van der Waals surface area contributed by atoms with Gasteiger partial charge >= 0.3 is 0 Å². The molecule has 2 aromatic rings. The van der Waals surface area contributed by atoms with Crippen molar-refractivity contribution >= 4 is 5.91 Å². The van der Waals surface area contributed by atoms with Gasteiger partial charge in [0, 0.05) is 18.2 Å². The normalized spacial score (nSPS) is 20.4. The lowest BCUT2D eigenvalue weighted by Crippen LogP contribution is -2.38. The van der Waals surface area contributed by atoms with Crippen molar-refractivity contribution < 1.29 is 4.79 Å². The predicted octanol–water partition coefficient (Wildman–Crippen LogP) is 3.29. The minimum absolute atomic E-state index is 0.0264. The molecule has 0 aliphatic heterocycles. The Bertz CT molecular complexity index is 636. The molecule has 23 heavy (non-hydrogen) atoms. The fourth-order valence-corrected chi connectivity index (χ4v) is 3.43. The molecule has 3 heteroatoms. The van der Waals surface area contributed by atoms with Gasteiger partial charge < -0.3 is 11.1 Å². The summed E-state index contributed by atoms with van der Waals surface area (Å²) in [5.41, 5.74) is 8.71. The van der Waals surface area contributed by atoms with Gasteiger partial charge in [-0.1, -0.05) is 48.9 Å². The van der Waals surface area contributed by atoms with Gasteiger partial charge in [-0.25, -0.2) is 0 Å². The van der Waals surface area contributed by atoms with Crippen LogP contribution in [0.2, 0.25) is 0 Å². The lowest BCUT2D eigenvalue weighted by atomic mass is 9.94. The maximum Gasteiger partial charge on any atom is 0.251 e. The molecule has 3 rings (SSSR count). The number of amides is 1. The SMILES string of the molecule is NCc1ccc(C(=O)NC2CCCC2Cc2ccccc2)cc1. The predicted molar refractivity (Wildman–Crippen MR) is 93.1 cm³/mol.